The molecule has 0 heterocycles. The SMILES string of the molecule is C=Cc1ccc(C=CCCCCCC)cc1. The lowest BCUT2D eigenvalue weighted by Crippen LogP contribution is -1.75. The predicted molar refractivity (Wildman–Crippen MR) is 74.3 cm³/mol. The van der Waals surface area contributed by atoms with Crippen LogP contribution in [0.1, 0.15) is 50.2 Å². The second-order valence-corrected chi connectivity index (χ2v) is 4.12. The van der Waals surface area contributed by atoms with Gasteiger partial charge in [0.25, 0.3) is 0 Å². The third-order valence-electron chi connectivity index (χ3n) is 2.71. The Labute approximate surface area is 99.7 Å². The van der Waals surface area contributed by atoms with E-state index in [1.807, 2.05) is 6.08 Å². The maximum atomic E-state index is 3.75. The summed E-state index contributed by atoms with van der Waals surface area (Å²) in [6.07, 6.45) is 12.9. The van der Waals surface area contributed by atoms with Crippen LogP contribution in [0.4, 0.5) is 0 Å². The summed E-state index contributed by atoms with van der Waals surface area (Å²) in [5.41, 5.74) is 2.46. The van der Waals surface area contributed by atoms with Crippen LogP contribution >= 0.6 is 0 Å². The Kier molecular flexibility index (Phi) is 6.32. The maximum absolute atomic E-state index is 3.75. The highest BCUT2D eigenvalue weighted by molar-refractivity contribution is 5.54. The van der Waals surface area contributed by atoms with Gasteiger partial charge in [-0.2, -0.15) is 0 Å². The van der Waals surface area contributed by atoms with Crippen LogP contribution in [-0.4, -0.2) is 0 Å². The van der Waals surface area contributed by atoms with Gasteiger partial charge in [0.05, 0.1) is 0 Å². The summed E-state index contributed by atoms with van der Waals surface area (Å²) in [6, 6.07) is 8.48. The molecule has 0 heteroatoms. The van der Waals surface area contributed by atoms with E-state index in [2.05, 4.69) is 49.9 Å². The van der Waals surface area contributed by atoms with Gasteiger partial charge >= 0.3 is 0 Å². The first-order valence-electron chi connectivity index (χ1n) is 6.26. The molecule has 0 N–H and O–H groups in total. The molecule has 0 saturated carbocycles. The summed E-state index contributed by atoms with van der Waals surface area (Å²) in [5.74, 6) is 0. The van der Waals surface area contributed by atoms with Crippen molar-refractivity contribution in [2.45, 2.75) is 39.0 Å². The third kappa shape index (κ3) is 4.97. The van der Waals surface area contributed by atoms with Gasteiger partial charge < -0.3 is 0 Å². The first-order valence-corrected chi connectivity index (χ1v) is 6.26. The second-order valence-electron chi connectivity index (χ2n) is 4.12. The fourth-order valence-electron chi connectivity index (χ4n) is 1.65. The van der Waals surface area contributed by atoms with E-state index in [9.17, 15) is 0 Å². The second kappa shape index (κ2) is 7.92. The topological polar surface area (TPSA) is 0 Å². The van der Waals surface area contributed by atoms with Crippen molar-refractivity contribution in [3.8, 4) is 0 Å². The Morgan fingerprint density at radius 3 is 2.31 bits per heavy atom. The summed E-state index contributed by atoms with van der Waals surface area (Å²) >= 11 is 0. The molecule has 0 aliphatic carbocycles. The molecule has 0 spiro atoms. The molecular formula is C16H22. The summed E-state index contributed by atoms with van der Waals surface area (Å²) in [4.78, 5) is 0. The molecule has 0 aromatic heterocycles. The standard InChI is InChI=1S/C16H22/c1-3-5-6-7-8-9-10-16-13-11-15(4-2)12-14-16/h4,9-14H,2-3,5-8H2,1H3. The number of hydrogen-bond acceptors (Lipinski definition) is 0. The molecule has 86 valence electrons. The van der Waals surface area contributed by atoms with Crippen LogP contribution in [-0.2, 0) is 0 Å². The molecule has 0 bridgehead atoms. The molecule has 16 heavy (non-hydrogen) atoms. The van der Waals surface area contributed by atoms with Crippen molar-refractivity contribution in [3.05, 3.63) is 48.0 Å². The van der Waals surface area contributed by atoms with Gasteiger partial charge in [0.1, 0.15) is 0 Å². The zero-order chi connectivity index (χ0) is 11.6. The number of hydrogen-bond donors (Lipinski definition) is 0. The van der Waals surface area contributed by atoms with Crippen molar-refractivity contribution >= 4 is 12.2 Å². The van der Waals surface area contributed by atoms with Gasteiger partial charge in [-0.1, -0.05) is 75.3 Å². The Morgan fingerprint density at radius 2 is 1.69 bits per heavy atom. The van der Waals surface area contributed by atoms with Gasteiger partial charge in [-0.05, 0) is 24.0 Å². The zero-order valence-electron chi connectivity index (χ0n) is 10.3. The lowest BCUT2D eigenvalue weighted by Gasteiger charge is -1.96. The highest BCUT2D eigenvalue weighted by Crippen LogP contribution is 2.09. The van der Waals surface area contributed by atoms with Crippen molar-refractivity contribution in [1.29, 1.82) is 0 Å². The number of rotatable bonds is 7. The molecule has 1 aromatic carbocycles. The van der Waals surface area contributed by atoms with Crippen molar-refractivity contribution in [1.82, 2.24) is 0 Å². The van der Waals surface area contributed by atoms with Gasteiger partial charge in [-0.15, -0.1) is 0 Å². The molecule has 0 saturated heterocycles. The average molecular weight is 214 g/mol. The molecule has 0 aliphatic rings. The van der Waals surface area contributed by atoms with Gasteiger partial charge in [0.2, 0.25) is 0 Å². The Balaban J connectivity index is 2.29. The summed E-state index contributed by atoms with van der Waals surface area (Å²) in [5, 5.41) is 0. The van der Waals surface area contributed by atoms with E-state index < -0.39 is 0 Å². The quantitative estimate of drug-likeness (QED) is 0.539. The van der Waals surface area contributed by atoms with Gasteiger partial charge in [-0.3, -0.25) is 0 Å². The van der Waals surface area contributed by atoms with Gasteiger partial charge in [0.15, 0.2) is 0 Å². The van der Waals surface area contributed by atoms with Crippen LogP contribution < -0.4 is 0 Å². The molecule has 0 fully saturated rings. The molecule has 0 amide bonds. The van der Waals surface area contributed by atoms with Crippen LogP contribution in [0.5, 0.6) is 0 Å². The Bertz CT molecular complexity index is 316. The van der Waals surface area contributed by atoms with Crippen LogP contribution in [0.15, 0.2) is 36.9 Å². The summed E-state index contributed by atoms with van der Waals surface area (Å²) < 4.78 is 0. The van der Waals surface area contributed by atoms with Gasteiger partial charge in [0, 0.05) is 0 Å². The van der Waals surface area contributed by atoms with E-state index >= 15 is 0 Å². The molecule has 1 aromatic rings. The highest BCUT2D eigenvalue weighted by Gasteiger charge is 1.88. The number of allylic oxidation sites excluding steroid dienone is 1. The normalized spacial score (nSPS) is 10.8. The van der Waals surface area contributed by atoms with Crippen molar-refractivity contribution in [2.24, 2.45) is 0 Å². The van der Waals surface area contributed by atoms with Crippen molar-refractivity contribution in [3.63, 3.8) is 0 Å². The fourth-order valence-corrected chi connectivity index (χ4v) is 1.65. The van der Waals surface area contributed by atoms with E-state index in [-0.39, 0.29) is 0 Å². The smallest absolute Gasteiger partial charge is 0.0259 e. The summed E-state index contributed by atoms with van der Waals surface area (Å²) in [7, 11) is 0. The first-order chi connectivity index (χ1) is 7.86. The monoisotopic (exact) mass is 214 g/mol. The highest BCUT2D eigenvalue weighted by atomic mass is 13.9. The van der Waals surface area contributed by atoms with Crippen LogP contribution in [0.2, 0.25) is 0 Å². The summed E-state index contributed by atoms with van der Waals surface area (Å²) in [6.45, 7) is 5.99. The van der Waals surface area contributed by atoms with Crippen molar-refractivity contribution in [2.75, 3.05) is 0 Å². The van der Waals surface area contributed by atoms with E-state index in [1.54, 1.807) is 0 Å². The lowest BCUT2D eigenvalue weighted by atomic mass is 10.1. The molecular weight excluding hydrogens is 192 g/mol. The molecule has 1 rings (SSSR count). The lowest BCUT2D eigenvalue weighted by molar-refractivity contribution is 0.675. The number of benzene rings is 1. The minimum Gasteiger partial charge on any atom is -0.0985 e. The first kappa shape index (κ1) is 12.8. The van der Waals surface area contributed by atoms with Crippen LogP contribution in [0.25, 0.3) is 12.2 Å². The molecule has 0 radical (unpaired) electrons. The third-order valence-corrected chi connectivity index (χ3v) is 2.71. The van der Waals surface area contributed by atoms with E-state index in [0.29, 0.717) is 0 Å². The minimum atomic E-state index is 1.18. The number of unbranched alkanes of at least 4 members (excludes halogenated alkanes) is 4. The molecule has 0 nitrogen and oxygen atoms in total. The Hall–Kier alpha value is -1.30. The van der Waals surface area contributed by atoms with Gasteiger partial charge in [-0.25, -0.2) is 0 Å². The molecule has 0 atom stereocenters. The van der Waals surface area contributed by atoms with E-state index in [4.69, 9.17) is 0 Å². The molecule has 0 aliphatic heterocycles. The minimum absolute atomic E-state index is 1.18. The maximum Gasteiger partial charge on any atom is -0.0259 e. The zero-order valence-corrected chi connectivity index (χ0v) is 10.3. The Morgan fingerprint density at radius 1 is 1.00 bits per heavy atom. The van der Waals surface area contributed by atoms with E-state index in [0.717, 1.165) is 0 Å². The fraction of sp³-hybridized carbons (Fsp3) is 0.375. The van der Waals surface area contributed by atoms with Crippen LogP contribution in [0.3, 0.4) is 0 Å². The van der Waals surface area contributed by atoms with E-state index in [1.165, 1.54) is 43.2 Å². The average Bonchev–Trinajstić information content (AvgIpc) is 2.34. The van der Waals surface area contributed by atoms with Crippen LogP contribution in [0, 0.1) is 0 Å². The molecule has 0 unspecified atom stereocenters. The largest absolute Gasteiger partial charge is 0.0985 e. The van der Waals surface area contributed by atoms with Crippen molar-refractivity contribution < 1.29 is 0 Å². The predicted octanol–water partition coefficient (Wildman–Crippen LogP) is 5.31.